The van der Waals surface area contributed by atoms with Crippen LogP contribution in [0.1, 0.15) is 39.2 Å². The van der Waals surface area contributed by atoms with Crippen LogP contribution in [0.3, 0.4) is 0 Å². The summed E-state index contributed by atoms with van der Waals surface area (Å²) < 4.78 is 0. The van der Waals surface area contributed by atoms with Crippen LogP contribution >= 0.6 is 11.8 Å². The van der Waals surface area contributed by atoms with E-state index < -0.39 is 0 Å². The first kappa shape index (κ1) is 16.1. The van der Waals surface area contributed by atoms with Gasteiger partial charge >= 0.3 is 0 Å². The number of nitrogens with two attached hydrogens (primary N) is 1. The second-order valence-electron chi connectivity index (χ2n) is 4.81. The molecule has 1 aromatic carbocycles. The Kier molecular flexibility index (Phi) is 6.95. The molecule has 1 amide bonds. The average Bonchev–Trinajstić information content (AvgIpc) is 2.39. The summed E-state index contributed by atoms with van der Waals surface area (Å²) in [7, 11) is 0. The van der Waals surface area contributed by atoms with Gasteiger partial charge in [-0.3, -0.25) is 4.79 Å². The Labute approximate surface area is 120 Å². The van der Waals surface area contributed by atoms with Crippen LogP contribution < -0.4 is 11.1 Å². The summed E-state index contributed by atoms with van der Waals surface area (Å²) in [6, 6.07) is 8.29. The standard InChI is InChI=1S/C15H24N2OS/c1-4-6-11(2)17-15(18)12(3)19-14-8-5-7-13(9-14)10-16/h5,7-9,11-12H,4,6,10,16H2,1-3H3,(H,17,18). The van der Waals surface area contributed by atoms with Crippen molar-refractivity contribution >= 4 is 17.7 Å². The number of carbonyl (C=O) groups excluding carboxylic acids is 1. The third kappa shape index (κ3) is 5.66. The molecule has 0 aliphatic heterocycles. The molecular formula is C15H24N2OS. The molecule has 0 saturated heterocycles. The molecule has 19 heavy (non-hydrogen) atoms. The highest BCUT2D eigenvalue weighted by Crippen LogP contribution is 2.24. The van der Waals surface area contributed by atoms with Gasteiger partial charge in [0, 0.05) is 17.5 Å². The monoisotopic (exact) mass is 280 g/mol. The average molecular weight is 280 g/mol. The van der Waals surface area contributed by atoms with Crippen molar-refractivity contribution in [3.05, 3.63) is 29.8 Å². The number of rotatable bonds is 7. The van der Waals surface area contributed by atoms with Crippen molar-refractivity contribution in [2.24, 2.45) is 5.73 Å². The van der Waals surface area contributed by atoms with Crippen LogP contribution in [0.5, 0.6) is 0 Å². The van der Waals surface area contributed by atoms with Gasteiger partial charge < -0.3 is 11.1 Å². The predicted molar refractivity (Wildman–Crippen MR) is 82.2 cm³/mol. The van der Waals surface area contributed by atoms with E-state index in [0.717, 1.165) is 23.3 Å². The second-order valence-corrected chi connectivity index (χ2v) is 6.22. The second kappa shape index (κ2) is 8.23. The Morgan fingerprint density at radius 3 is 2.79 bits per heavy atom. The van der Waals surface area contributed by atoms with E-state index in [4.69, 9.17) is 5.73 Å². The Morgan fingerprint density at radius 1 is 1.42 bits per heavy atom. The fourth-order valence-electron chi connectivity index (χ4n) is 1.87. The summed E-state index contributed by atoms with van der Waals surface area (Å²) in [4.78, 5) is 13.1. The number of benzene rings is 1. The zero-order valence-corrected chi connectivity index (χ0v) is 12.8. The molecular weight excluding hydrogens is 256 g/mol. The number of amides is 1. The lowest BCUT2D eigenvalue weighted by atomic mass is 10.2. The molecule has 0 aliphatic rings. The Hall–Kier alpha value is -1.00. The largest absolute Gasteiger partial charge is 0.353 e. The first-order chi connectivity index (χ1) is 9.06. The number of thioether (sulfide) groups is 1. The van der Waals surface area contributed by atoms with E-state index in [1.807, 2.05) is 38.1 Å². The molecule has 106 valence electrons. The first-order valence-electron chi connectivity index (χ1n) is 6.82. The van der Waals surface area contributed by atoms with Crippen molar-refractivity contribution in [1.29, 1.82) is 0 Å². The quantitative estimate of drug-likeness (QED) is 0.755. The van der Waals surface area contributed by atoms with Crippen molar-refractivity contribution < 1.29 is 4.79 Å². The third-order valence-electron chi connectivity index (χ3n) is 2.93. The minimum Gasteiger partial charge on any atom is -0.353 e. The number of nitrogens with one attached hydrogen (secondary N) is 1. The summed E-state index contributed by atoms with van der Waals surface area (Å²) in [5.41, 5.74) is 6.71. The van der Waals surface area contributed by atoms with Crippen LogP contribution in [0.25, 0.3) is 0 Å². The zero-order valence-electron chi connectivity index (χ0n) is 12.0. The van der Waals surface area contributed by atoms with E-state index in [2.05, 4.69) is 12.2 Å². The van der Waals surface area contributed by atoms with Gasteiger partial charge in [-0.15, -0.1) is 11.8 Å². The van der Waals surface area contributed by atoms with Crippen molar-refractivity contribution in [1.82, 2.24) is 5.32 Å². The van der Waals surface area contributed by atoms with Gasteiger partial charge in [-0.2, -0.15) is 0 Å². The third-order valence-corrected chi connectivity index (χ3v) is 4.02. The minimum atomic E-state index is -0.0904. The summed E-state index contributed by atoms with van der Waals surface area (Å²) in [5.74, 6) is 0.101. The molecule has 0 spiro atoms. The van der Waals surface area contributed by atoms with Gasteiger partial charge in [-0.05, 0) is 38.0 Å². The molecule has 1 aromatic rings. The van der Waals surface area contributed by atoms with Crippen LogP contribution in [0, 0.1) is 0 Å². The van der Waals surface area contributed by atoms with Crippen LogP contribution in [-0.4, -0.2) is 17.2 Å². The maximum absolute atomic E-state index is 12.0. The molecule has 0 heterocycles. The lowest BCUT2D eigenvalue weighted by molar-refractivity contribution is -0.120. The molecule has 2 unspecified atom stereocenters. The molecule has 0 bridgehead atoms. The molecule has 0 fully saturated rings. The molecule has 0 aromatic heterocycles. The van der Waals surface area contributed by atoms with Crippen LogP contribution in [0.4, 0.5) is 0 Å². The van der Waals surface area contributed by atoms with E-state index in [9.17, 15) is 4.79 Å². The molecule has 0 aliphatic carbocycles. The molecule has 0 radical (unpaired) electrons. The maximum atomic E-state index is 12.0. The van der Waals surface area contributed by atoms with Gasteiger partial charge in [0.1, 0.15) is 0 Å². The highest BCUT2D eigenvalue weighted by Gasteiger charge is 2.16. The highest BCUT2D eigenvalue weighted by atomic mass is 32.2. The summed E-state index contributed by atoms with van der Waals surface area (Å²) in [5, 5.41) is 2.95. The van der Waals surface area contributed by atoms with E-state index in [1.54, 1.807) is 11.8 Å². The smallest absolute Gasteiger partial charge is 0.233 e. The fraction of sp³-hybridized carbons (Fsp3) is 0.533. The van der Waals surface area contributed by atoms with Gasteiger partial charge in [0.15, 0.2) is 0 Å². The van der Waals surface area contributed by atoms with E-state index >= 15 is 0 Å². The van der Waals surface area contributed by atoms with Gasteiger partial charge in [-0.1, -0.05) is 25.5 Å². The van der Waals surface area contributed by atoms with Crippen LogP contribution in [0.2, 0.25) is 0 Å². The minimum absolute atomic E-state index is 0.0904. The normalized spacial score (nSPS) is 13.9. The number of hydrogen-bond acceptors (Lipinski definition) is 3. The molecule has 2 atom stereocenters. The molecule has 3 N–H and O–H groups in total. The SMILES string of the molecule is CCCC(C)NC(=O)C(C)Sc1cccc(CN)c1. The lowest BCUT2D eigenvalue weighted by Crippen LogP contribution is -2.37. The number of hydrogen-bond donors (Lipinski definition) is 2. The van der Waals surface area contributed by atoms with Gasteiger partial charge in [0.2, 0.25) is 5.91 Å². The van der Waals surface area contributed by atoms with Crippen molar-refractivity contribution in [2.45, 2.75) is 56.3 Å². The molecule has 1 rings (SSSR count). The maximum Gasteiger partial charge on any atom is 0.233 e. The lowest BCUT2D eigenvalue weighted by Gasteiger charge is -2.17. The highest BCUT2D eigenvalue weighted by molar-refractivity contribution is 8.00. The Balaban J connectivity index is 2.53. The Morgan fingerprint density at radius 2 is 2.16 bits per heavy atom. The molecule has 0 saturated carbocycles. The van der Waals surface area contributed by atoms with Crippen molar-refractivity contribution in [3.63, 3.8) is 0 Å². The zero-order chi connectivity index (χ0) is 14.3. The van der Waals surface area contributed by atoms with E-state index in [0.29, 0.717) is 6.54 Å². The summed E-state index contributed by atoms with van der Waals surface area (Å²) >= 11 is 1.57. The summed E-state index contributed by atoms with van der Waals surface area (Å²) in [6.45, 7) is 6.64. The molecule has 4 heteroatoms. The van der Waals surface area contributed by atoms with Crippen molar-refractivity contribution in [2.75, 3.05) is 0 Å². The molecule has 3 nitrogen and oxygen atoms in total. The first-order valence-corrected chi connectivity index (χ1v) is 7.70. The van der Waals surface area contributed by atoms with Crippen LogP contribution in [-0.2, 0) is 11.3 Å². The number of carbonyl (C=O) groups is 1. The van der Waals surface area contributed by atoms with Gasteiger partial charge in [0.05, 0.1) is 5.25 Å². The topological polar surface area (TPSA) is 55.1 Å². The van der Waals surface area contributed by atoms with Crippen LogP contribution in [0.15, 0.2) is 29.2 Å². The predicted octanol–water partition coefficient (Wildman–Crippen LogP) is 2.93. The van der Waals surface area contributed by atoms with Gasteiger partial charge in [-0.25, -0.2) is 0 Å². The summed E-state index contributed by atoms with van der Waals surface area (Å²) in [6.07, 6.45) is 2.10. The van der Waals surface area contributed by atoms with E-state index in [1.165, 1.54) is 0 Å². The van der Waals surface area contributed by atoms with Gasteiger partial charge in [0.25, 0.3) is 0 Å². The van der Waals surface area contributed by atoms with Crippen molar-refractivity contribution in [3.8, 4) is 0 Å². The fourth-order valence-corrected chi connectivity index (χ4v) is 2.83. The Bertz CT molecular complexity index is 409. The van der Waals surface area contributed by atoms with E-state index in [-0.39, 0.29) is 17.2 Å².